The first-order chi connectivity index (χ1) is 16.2. The van der Waals surface area contributed by atoms with Crippen molar-refractivity contribution in [3.05, 3.63) is 98.2 Å². The van der Waals surface area contributed by atoms with Crippen molar-refractivity contribution in [2.75, 3.05) is 4.90 Å². The highest BCUT2D eigenvalue weighted by Gasteiger charge is 2.37. The number of barbiturate groups is 1. The first-order valence-corrected chi connectivity index (χ1v) is 10.9. The molecule has 0 radical (unpaired) electrons. The van der Waals surface area contributed by atoms with Crippen LogP contribution in [0.2, 0.25) is 15.1 Å². The Labute approximate surface area is 208 Å². The van der Waals surface area contributed by atoms with Gasteiger partial charge in [-0.25, -0.2) is 14.1 Å². The van der Waals surface area contributed by atoms with Gasteiger partial charge < -0.3 is 4.74 Å². The minimum atomic E-state index is -0.922. The van der Waals surface area contributed by atoms with Gasteiger partial charge in [0, 0.05) is 21.2 Å². The largest absolute Gasteiger partial charge is 0.487 e. The van der Waals surface area contributed by atoms with Gasteiger partial charge in [-0.15, -0.1) is 0 Å². The second kappa shape index (κ2) is 9.85. The first kappa shape index (κ1) is 23.8. The second-order valence-corrected chi connectivity index (χ2v) is 8.40. The Bertz CT molecular complexity index is 1360. The summed E-state index contributed by atoms with van der Waals surface area (Å²) in [6.07, 6.45) is 1.20. The maximum absolute atomic E-state index is 14.0. The Hall–Kier alpha value is -3.39. The van der Waals surface area contributed by atoms with Gasteiger partial charge in [0.1, 0.15) is 23.7 Å². The molecule has 0 spiro atoms. The molecule has 172 valence electrons. The molecule has 1 N–H and O–H groups in total. The quantitative estimate of drug-likeness (QED) is 0.330. The number of benzene rings is 3. The van der Waals surface area contributed by atoms with Gasteiger partial charge in [-0.05, 0) is 42.5 Å². The lowest BCUT2D eigenvalue weighted by Crippen LogP contribution is -2.54. The van der Waals surface area contributed by atoms with Gasteiger partial charge in [-0.1, -0.05) is 59.1 Å². The number of nitrogens with one attached hydrogen (secondary N) is 1. The zero-order valence-corrected chi connectivity index (χ0v) is 19.4. The Balaban J connectivity index is 1.73. The van der Waals surface area contributed by atoms with E-state index in [1.807, 2.05) is 0 Å². The van der Waals surface area contributed by atoms with E-state index in [0.29, 0.717) is 5.02 Å². The SMILES string of the molecule is O=C1NC(=O)N(c2cccc(Cl)c2)C(=O)/C1=C/c1cc(Cl)cc(Cl)c1OCc1ccccc1F. The highest BCUT2D eigenvalue weighted by molar-refractivity contribution is 6.40. The molecule has 34 heavy (non-hydrogen) atoms. The molecule has 1 fully saturated rings. The molecule has 1 heterocycles. The van der Waals surface area contributed by atoms with E-state index in [-0.39, 0.29) is 44.8 Å². The van der Waals surface area contributed by atoms with E-state index in [4.69, 9.17) is 39.5 Å². The molecule has 0 aliphatic carbocycles. The molecule has 0 saturated carbocycles. The van der Waals surface area contributed by atoms with Crippen LogP contribution in [-0.4, -0.2) is 17.8 Å². The molecule has 4 amide bonds. The summed E-state index contributed by atoms with van der Waals surface area (Å²) < 4.78 is 19.7. The van der Waals surface area contributed by atoms with Gasteiger partial charge >= 0.3 is 6.03 Å². The monoisotopic (exact) mass is 518 g/mol. The van der Waals surface area contributed by atoms with Crippen molar-refractivity contribution in [2.24, 2.45) is 0 Å². The molecule has 0 aromatic heterocycles. The lowest BCUT2D eigenvalue weighted by Gasteiger charge is -2.26. The van der Waals surface area contributed by atoms with Crippen molar-refractivity contribution in [1.29, 1.82) is 0 Å². The third-order valence-electron chi connectivity index (χ3n) is 4.83. The predicted octanol–water partition coefficient (Wildman–Crippen LogP) is 6.03. The number of hydrogen-bond donors (Lipinski definition) is 1. The van der Waals surface area contributed by atoms with Crippen LogP contribution in [0, 0.1) is 5.82 Å². The molecular weight excluding hydrogens is 506 g/mol. The van der Waals surface area contributed by atoms with Gasteiger partial charge in [0.2, 0.25) is 0 Å². The average Bonchev–Trinajstić information content (AvgIpc) is 2.77. The van der Waals surface area contributed by atoms with E-state index in [9.17, 15) is 18.8 Å². The molecule has 4 rings (SSSR count). The van der Waals surface area contributed by atoms with Crippen LogP contribution in [0.3, 0.4) is 0 Å². The smallest absolute Gasteiger partial charge is 0.335 e. The van der Waals surface area contributed by atoms with Crippen molar-refractivity contribution >= 4 is 64.4 Å². The number of imide groups is 2. The number of carbonyl (C=O) groups is 3. The summed E-state index contributed by atoms with van der Waals surface area (Å²) in [5.41, 5.74) is 0.270. The average molecular weight is 520 g/mol. The molecule has 0 unspecified atom stereocenters. The van der Waals surface area contributed by atoms with E-state index >= 15 is 0 Å². The minimum Gasteiger partial charge on any atom is -0.487 e. The minimum absolute atomic E-state index is 0.0774. The van der Waals surface area contributed by atoms with Crippen molar-refractivity contribution in [3.63, 3.8) is 0 Å². The summed E-state index contributed by atoms with van der Waals surface area (Å²) in [7, 11) is 0. The number of nitrogens with zero attached hydrogens (tertiary/aromatic N) is 1. The Kier molecular flexibility index (Phi) is 6.88. The van der Waals surface area contributed by atoms with Gasteiger partial charge in [-0.3, -0.25) is 14.9 Å². The molecule has 10 heteroatoms. The van der Waals surface area contributed by atoms with E-state index in [2.05, 4.69) is 5.32 Å². The fourth-order valence-electron chi connectivity index (χ4n) is 3.27. The first-order valence-electron chi connectivity index (χ1n) is 9.77. The third-order valence-corrected chi connectivity index (χ3v) is 5.57. The lowest BCUT2D eigenvalue weighted by molar-refractivity contribution is -0.122. The fourth-order valence-corrected chi connectivity index (χ4v) is 4.02. The number of urea groups is 1. The van der Waals surface area contributed by atoms with Crippen LogP contribution in [0.1, 0.15) is 11.1 Å². The van der Waals surface area contributed by atoms with Crippen molar-refractivity contribution in [2.45, 2.75) is 6.61 Å². The molecule has 1 aliphatic rings. The fraction of sp³-hybridized carbons (Fsp3) is 0.0417. The van der Waals surface area contributed by atoms with Crippen LogP contribution in [0.4, 0.5) is 14.9 Å². The standard InChI is InChI=1S/C24H14Cl3FN2O4/c25-15-5-3-6-17(10-15)30-23(32)18(22(31)29-24(30)33)9-14-8-16(26)11-19(27)21(14)34-12-13-4-1-2-7-20(13)28/h1-11H,12H2,(H,29,31,33)/b18-9+. The molecule has 3 aromatic carbocycles. The summed E-state index contributed by atoms with van der Waals surface area (Å²) in [5.74, 6) is -2.18. The predicted molar refractivity (Wildman–Crippen MR) is 128 cm³/mol. The Morgan fingerprint density at radius 1 is 0.941 bits per heavy atom. The molecule has 1 saturated heterocycles. The molecule has 3 aromatic rings. The number of ether oxygens (including phenoxy) is 1. The Morgan fingerprint density at radius 3 is 2.44 bits per heavy atom. The second-order valence-electron chi connectivity index (χ2n) is 7.12. The molecule has 0 bridgehead atoms. The zero-order valence-electron chi connectivity index (χ0n) is 17.2. The highest BCUT2D eigenvalue weighted by Crippen LogP contribution is 2.35. The number of hydrogen-bond acceptors (Lipinski definition) is 4. The summed E-state index contributed by atoms with van der Waals surface area (Å²) in [4.78, 5) is 38.9. The van der Waals surface area contributed by atoms with Crippen LogP contribution in [0.25, 0.3) is 6.08 Å². The van der Waals surface area contributed by atoms with Gasteiger partial charge in [0.25, 0.3) is 11.8 Å². The number of carbonyl (C=O) groups excluding carboxylic acids is 3. The van der Waals surface area contributed by atoms with Gasteiger partial charge in [0.05, 0.1) is 10.7 Å². The van der Waals surface area contributed by atoms with E-state index in [1.165, 1.54) is 36.4 Å². The summed E-state index contributed by atoms with van der Waals surface area (Å²) >= 11 is 18.4. The van der Waals surface area contributed by atoms with Gasteiger partial charge in [0.15, 0.2) is 0 Å². The molecule has 6 nitrogen and oxygen atoms in total. The van der Waals surface area contributed by atoms with Gasteiger partial charge in [-0.2, -0.15) is 0 Å². The highest BCUT2D eigenvalue weighted by atomic mass is 35.5. The number of amides is 4. The normalized spacial score (nSPS) is 15.0. The summed E-state index contributed by atoms with van der Waals surface area (Å²) in [5, 5.41) is 2.71. The van der Waals surface area contributed by atoms with E-state index in [0.717, 1.165) is 4.90 Å². The number of halogens is 4. The molecule has 1 aliphatic heterocycles. The molecular formula is C24H14Cl3FN2O4. The molecule has 0 atom stereocenters. The third kappa shape index (κ3) is 4.92. The van der Waals surface area contributed by atoms with Crippen molar-refractivity contribution < 1.29 is 23.5 Å². The number of rotatable bonds is 5. The van der Waals surface area contributed by atoms with E-state index in [1.54, 1.807) is 30.3 Å². The van der Waals surface area contributed by atoms with Crippen LogP contribution < -0.4 is 15.0 Å². The van der Waals surface area contributed by atoms with Crippen molar-refractivity contribution in [1.82, 2.24) is 5.32 Å². The maximum atomic E-state index is 14.0. The summed E-state index contributed by atoms with van der Waals surface area (Å²) in [6, 6.07) is 14.0. The zero-order chi connectivity index (χ0) is 24.4. The van der Waals surface area contributed by atoms with E-state index < -0.39 is 23.7 Å². The summed E-state index contributed by atoms with van der Waals surface area (Å²) in [6.45, 7) is -0.169. The number of anilines is 1. The lowest BCUT2D eigenvalue weighted by atomic mass is 10.1. The Morgan fingerprint density at radius 2 is 1.71 bits per heavy atom. The topological polar surface area (TPSA) is 75.7 Å². The van der Waals surface area contributed by atoms with Crippen molar-refractivity contribution in [3.8, 4) is 5.75 Å². The van der Waals surface area contributed by atoms with Crippen LogP contribution >= 0.6 is 34.8 Å². The van der Waals surface area contributed by atoms with Crippen LogP contribution in [-0.2, 0) is 16.2 Å². The van der Waals surface area contributed by atoms with Crippen LogP contribution in [0.15, 0.2) is 66.2 Å². The van der Waals surface area contributed by atoms with Crippen LogP contribution in [0.5, 0.6) is 5.75 Å². The maximum Gasteiger partial charge on any atom is 0.335 e.